The molecule has 0 bridgehead atoms. The smallest absolute Gasteiger partial charge is 0.0864 e. The van der Waals surface area contributed by atoms with Gasteiger partial charge in [-0.3, -0.25) is 0 Å². The van der Waals surface area contributed by atoms with Crippen molar-refractivity contribution in [3.05, 3.63) is 48.0 Å². The van der Waals surface area contributed by atoms with Crippen LogP contribution in [-0.2, 0) is 0 Å². The molecule has 0 spiro atoms. The molecule has 0 aromatic heterocycles. The molecule has 2 aromatic carbocycles. The van der Waals surface area contributed by atoms with Crippen LogP contribution in [-0.4, -0.2) is 11.7 Å². The molecule has 1 atom stereocenters. The Labute approximate surface area is 127 Å². The molecule has 1 aliphatic rings. The first kappa shape index (κ1) is 14.6. The van der Waals surface area contributed by atoms with Crippen molar-refractivity contribution in [2.45, 2.75) is 44.6 Å². The highest BCUT2D eigenvalue weighted by atomic mass is 16.3. The Morgan fingerprint density at radius 3 is 2.33 bits per heavy atom. The van der Waals surface area contributed by atoms with Gasteiger partial charge in [0.05, 0.1) is 6.10 Å². The second-order valence-electron chi connectivity index (χ2n) is 6.45. The van der Waals surface area contributed by atoms with Crippen molar-refractivity contribution < 1.29 is 5.11 Å². The number of hydrogen-bond donors (Lipinski definition) is 2. The fraction of sp³-hybridized carbons (Fsp3) is 0.474. The second kappa shape index (κ2) is 6.17. The van der Waals surface area contributed by atoms with Gasteiger partial charge < -0.3 is 10.8 Å². The SMILES string of the molecule is NCC1(C(O)c2cccc3ccccc23)CCCCCC1. The molecule has 1 fully saturated rings. The Morgan fingerprint density at radius 2 is 1.62 bits per heavy atom. The Balaban J connectivity index is 2.03. The Morgan fingerprint density at radius 1 is 0.952 bits per heavy atom. The third kappa shape index (κ3) is 2.70. The van der Waals surface area contributed by atoms with E-state index < -0.39 is 6.10 Å². The van der Waals surface area contributed by atoms with Crippen LogP contribution in [0.15, 0.2) is 42.5 Å². The van der Waals surface area contributed by atoms with Gasteiger partial charge in [-0.2, -0.15) is 0 Å². The van der Waals surface area contributed by atoms with E-state index in [1.54, 1.807) is 0 Å². The molecule has 2 nitrogen and oxygen atoms in total. The molecule has 21 heavy (non-hydrogen) atoms. The minimum absolute atomic E-state index is 0.152. The largest absolute Gasteiger partial charge is 0.388 e. The van der Waals surface area contributed by atoms with Crippen LogP contribution in [0.2, 0.25) is 0 Å². The van der Waals surface area contributed by atoms with Crippen LogP contribution in [0.4, 0.5) is 0 Å². The predicted octanol–water partition coefficient (Wildman–Crippen LogP) is 4.17. The van der Waals surface area contributed by atoms with Gasteiger partial charge in [0.1, 0.15) is 0 Å². The molecule has 1 unspecified atom stereocenters. The van der Waals surface area contributed by atoms with E-state index in [9.17, 15) is 5.11 Å². The first-order chi connectivity index (χ1) is 10.3. The highest BCUT2D eigenvalue weighted by Gasteiger charge is 2.38. The van der Waals surface area contributed by atoms with E-state index in [0.29, 0.717) is 6.54 Å². The van der Waals surface area contributed by atoms with Crippen molar-refractivity contribution in [1.29, 1.82) is 0 Å². The summed E-state index contributed by atoms with van der Waals surface area (Å²) in [6, 6.07) is 14.5. The Hall–Kier alpha value is -1.38. The van der Waals surface area contributed by atoms with E-state index in [2.05, 4.69) is 24.3 Å². The average molecular weight is 283 g/mol. The molecule has 0 heterocycles. The standard InChI is InChI=1S/C19H25NO/c20-14-19(12-5-1-2-6-13-19)18(21)17-11-7-9-15-8-3-4-10-16(15)17/h3-4,7-11,18,21H,1-2,5-6,12-14,20H2. The van der Waals surface area contributed by atoms with Crippen molar-refractivity contribution in [3.63, 3.8) is 0 Å². The monoisotopic (exact) mass is 283 g/mol. The number of hydrogen-bond acceptors (Lipinski definition) is 2. The Kier molecular flexibility index (Phi) is 4.27. The highest BCUT2D eigenvalue weighted by Crippen LogP contribution is 2.45. The van der Waals surface area contributed by atoms with Crippen molar-refractivity contribution in [2.75, 3.05) is 6.54 Å². The van der Waals surface area contributed by atoms with Crippen LogP contribution in [0.5, 0.6) is 0 Å². The van der Waals surface area contributed by atoms with Gasteiger partial charge in [0.15, 0.2) is 0 Å². The molecule has 112 valence electrons. The lowest BCUT2D eigenvalue weighted by Crippen LogP contribution is -2.36. The summed E-state index contributed by atoms with van der Waals surface area (Å²) in [4.78, 5) is 0. The number of rotatable bonds is 3. The molecule has 2 heteroatoms. The van der Waals surface area contributed by atoms with Crippen LogP contribution in [0.1, 0.15) is 50.2 Å². The fourth-order valence-electron chi connectivity index (χ4n) is 3.84. The maximum Gasteiger partial charge on any atom is 0.0864 e. The molecule has 0 amide bonds. The fourth-order valence-corrected chi connectivity index (χ4v) is 3.84. The van der Waals surface area contributed by atoms with E-state index in [0.717, 1.165) is 23.8 Å². The number of fused-ring (bicyclic) bond motifs is 1. The van der Waals surface area contributed by atoms with Crippen molar-refractivity contribution in [3.8, 4) is 0 Å². The molecule has 3 rings (SSSR count). The van der Waals surface area contributed by atoms with E-state index in [1.165, 1.54) is 31.1 Å². The molecule has 0 saturated heterocycles. The molecule has 0 radical (unpaired) electrons. The van der Waals surface area contributed by atoms with Gasteiger partial charge in [-0.05, 0) is 29.2 Å². The average Bonchev–Trinajstić information content (AvgIpc) is 2.80. The third-order valence-corrected chi connectivity index (χ3v) is 5.20. The molecular formula is C19H25NO. The predicted molar refractivity (Wildman–Crippen MR) is 88.1 cm³/mol. The summed E-state index contributed by atoms with van der Waals surface area (Å²) in [7, 11) is 0. The first-order valence-corrected chi connectivity index (χ1v) is 8.13. The molecular weight excluding hydrogens is 258 g/mol. The topological polar surface area (TPSA) is 46.2 Å². The van der Waals surface area contributed by atoms with Crippen LogP contribution in [0.25, 0.3) is 10.8 Å². The number of aliphatic hydroxyl groups is 1. The normalized spacial score (nSPS) is 20.1. The third-order valence-electron chi connectivity index (χ3n) is 5.20. The van der Waals surface area contributed by atoms with Crippen LogP contribution >= 0.6 is 0 Å². The van der Waals surface area contributed by atoms with Gasteiger partial charge in [0.25, 0.3) is 0 Å². The minimum atomic E-state index is -0.466. The zero-order chi connectivity index (χ0) is 14.7. The van der Waals surface area contributed by atoms with Gasteiger partial charge in [0.2, 0.25) is 0 Å². The van der Waals surface area contributed by atoms with E-state index in [-0.39, 0.29) is 5.41 Å². The van der Waals surface area contributed by atoms with Gasteiger partial charge in [-0.1, -0.05) is 68.1 Å². The lowest BCUT2D eigenvalue weighted by Gasteiger charge is -2.37. The first-order valence-electron chi connectivity index (χ1n) is 8.13. The lowest BCUT2D eigenvalue weighted by molar-refractivity contribution is 0.0177. The summed E-state index contributed by atoms with van der Waals surface area (Å²) >= 11 is 0. The van der Waals surface area contributed by atoms with E-state index >= 15 is 0 Å². The number of benzene rings is 2. The maximum absolute atomic E-state index is 11.1. The van der Waals surface area contributed by atoms with Crippen LogP contribution < -0.4 is 5.73 Å². The van der Waals surface area contributed by atoms with Gasteiger partial charge >= 0.3 is 0 Å². The number of nitrogens with two attached hydrogens (primary N) is 1. The summed E-state index contributed by atoms with van der Waals surface area (Å²) in [5.74, 6) is 0. The van der Waals surface area contributed by atoms with E-state index in [4.69, 9.17) is 5.73 Å². The lowest BCUT2D eigenvalue weighted by atomic mass is 9.72. The quantitative estimate of drug-likeness (QED) is 0.830. The number of aliphatic hydroxyl groups excluding tert-OH is 1. The van der Waals surface area contributed by atoms with Crippen molar-refractivity contribution in [2.24, 2.45) is 11.1 Å². The van der Waals surface area contributed by atoms with Crippen LogP contribution in [0, 0.1) is 5.41 Å². The van der Waals surface area contributed by atoms with Gasteiger partial charge in [0, 0.05) is 12.0 Å². The summed E-state index contributed by atoms with van der Waals surface area (Å²) in [6.07, 6.45) is 6.50. The molecule has 3 N–H and O–H groups in total. The summed E-state index contributed by atoms with van der Waals surface area (Å²) < 4.78 is 0. The summed E-state index contributed by atoms with van der Waals surface area (Å²) in [5.41, 5.74) is 7.02. The van der Waals surface area contributed by atoms with Gasteiger partial charge in [-0.15, -0.1) is 0 Å². The van der Waals surface area contributed by atoms with Crippen molar-refractivity contribution >= 4 is 10.8 Å². The summed E-state index contributed by atoms with van der Waals surface area (Å²) in [5, 5.41) is 13.5. The molecule has 1 saturated carbocycles. The van der Waals surface area contributed by atoms with Gasteiger partial charge in [-0.25, -0.2) is 0 Å². The van der Waals surface area contributed by atoms with Crippen LogP contribution in [0.3, 0.4) is 0 Å². The molecule has 2 aromatic rings. The van der Waals surface area contributed by atoms with Crippen molar-refractivity contribution in [1.82, 2.24) is 0 Å². The Bertz CT molecular complexity index is 594. The zero-order valence-corrected chi connectivity index (χ0v) is 12.6. The summed E-state index contributed by atoms with van der Waals surface area (Å²) in [6.45, 7) is 0.567. The maximum atomic E-state index is 11.1. The van der Waals surface area contributed by atoms with E-state index in [1.807, 2.05) is 18.2 Å². The zero-order valence-electron chi connectivity index (χ0n) is 12.6. The minimum Gasteiger partial charge on any atom is -0.388 e. The highest BCUT2D eigenvalue weighted by molar-refractivity contribution is 5.86. The molecule has 1 aliphatic carbocycles. The second-order valence-corrected chi connectivity index (χ2v) is 6.45. The molecule has 0 aliphatic heterocycles.